The molecule has 0 spiro atoms. The van der Waals surface area contributed by atoms with Gasteiger partial charge < -0.3 is 0 Å². The van der Waals surface area contributed by atoms with E-state index in [1.54, 1.807) is 0 Å². The molecule has 1 aromatic heterocycles. The Labute approximate surface area is 127 Å². The van der Waals surface area contributed by atoms with Crippen LogP contribution in [0, 0.1) is 0 Å². The molecule has 1 heterocycles. The fourth-order valence-electron chi connectivity index (χ4n) is 1.92. The molecule has 0 bridgehead atoms. The molecule has 0 saturated heterocycles. The van der Waals surface area contributed by atoms with Crippen molar-refractivity contribution in [3.05, 3.63) is 46.0 Å². The quantitative estimate of drug-likeness (QED) is 0.783. The molecular weight excluding hydrogens is 351 g/mol. The maximum absolute atomic E-state index is 13.0. The first-order valence-corrected chi connectivity index (χ1v) is 6.89. The summed E-state index contributed by atoms with van der Waals surface area (Å²) in [5.41, 5.74) is -1.32. The van der Waals surface area contributed by atoms with Gasteiger partial charge in [-0.05, 0) is 25.1 Å². The lowest BCUT2D eigenvalue weighted by molar-refractivity contribution is -0.138. The van der Waals surface area contributed by atoms with Gasteiger partial charge in [0.2, 0.25) is 0 Å². The van der Waals surface area contributed by atoms with Gasteiger partial charge in [0.05, 0.1) is 12.0 Å². The molecule has 0 fully saturated rings. The minimum absolute atomic E-state index is 0.224. The van der Waals surface area contributed by atoms with Gasteiger partial charge in [-0.2, -0.15) is 18.3 Å². The number of alkyl halides is 3. The summed E-state index contributed by atoms with van der Waals surface area (Å²) in [6.45, 7) is 2.30. The molecule has 0 saturated carbocycles. The van der Waals surface area contributed by atoms with E-state index < -0.39 is 17.5 Å². The third kappa shape index (κ3) is 3.49. The van der Waals surface area contributed by atoms with Crippen molar-refractivity contribution in [2.24, 2.45) is 0 Å². The number of benzene rings is 1. The predicted octanol–water partition coefficient (Wildman–Crippen LogP) is 3.50. The molecule has 0 amide bonds. The largest absolute Gasteiger partial charge is 0.417 e. The van der Waals surface area contributed by atoms with Crippen LogP contribution in [-0.4, -0.2) is 20.5 Å². The maximum atomic E-state index is 13.0. The van der Waals surface area contributed by atoms with E-state index in [-0.39, 0.29) is 16.5 Å². The molecule has 1 aromatic carbocycles. The van der Waals surface area contributed by atoms with Crippen LogP contribution in [0.3, 0.4) is 0 Å². The average Bonchev–Trinajstić information content (AvgIpc) is 2.84. The molecule has 112 valence electrons. The van der Waals surface area contributed by atoms with Crippen molar-refractivity contribution in [1.29, 1.82) is 0 Å². The van der Waals surface area contributed by atoms with Gasteiger partial charge in [0, 0.05) is 16.6 Å². The Morgan fingerprint density at radius 1 is 1.38 bits per heavy atom. The van der Waals surface area contributed by atoms with Crippen LogP contribution in [-0.2, 0) is 19.1 Å². The molecule has 0 unspecified atom stereocenters. The first kappa shape index (κ1) is 15.7. The number of ketones is 1. The van der Waals surface area contributed by atoms with Gasteiger partial charge in [0.25, 0.3) is 0 Å². The number of halogens is 4. The lowest BCUT2D eigenvalue weighted by atomic mass is 10.0. The van der Waals surface area contributed by atoms with Crippen LogP contribution < -0.4 is 0 Å². The van der Waals surface area contributed by atoms with Crippen molar-refractivity contribution in [3.63, 3.8) is 0 Å². The molecule has 0 aliphatic heterocycles. The van der Waals surface area contributed by atoms with Gasteiger partial charge >= 0.3 is 6.18 Å². The highest BCUT2D eigenvalue weighted by Crippen LogP contribution is 2.34. The number of carbonyl (C=O) groups is 1. The molecule has 8 heteroatoms. The fraction of sp³-hybridized carbons (Fsp3) is 0.308. The van der Waals surface area contributed by atoms with Crippen LogP contribution in [0.25, 0.3) is 0 Å². The summed E-state index contributed by atoms with van der Waals surface area (Å²) in [7, 11) is 0. The summed E-state index contributed by atoms with van der Waals surface area (Å²) in [4.78, 5) is 16.1. The van der Waals surface area contributed by atoms with Crippen LogP contribution in [0.1, 0.15) is 28.7 Å². The SMILES string of the molecule is CCn1ncnc1CC(=O)c1ccc(Br)cc1C(F)(F)F. The number of carbonyl (C=O) groups excluding carboxylic acids is 1. The van der Waals surface area contributed by atoms with Crippen LogP contribution >= 0.6 is 15.9 Å². The van der Waals surface area contributed by atoms with E-state index in [1.807, 2.05) is 6.92 Å². The van der Waals surface area contributed by atoms with Crippen LogP contribution in [0.2, 0.25) is 0 Å². The van der Waals surface area contributed by atoms with E-state index in [2.05, 4.69) is 26.0 Å². The van der Waals surface area contributed by atoms with Gasteiger partial charge in [0.1, 0.15) is 12.2 Å². The first-order valence-electron chi connectivity index (χ1n) is 6.09. The van der Waals surface area contributed by atoms with Crippen LogP contribution in [0.15, 0.2) is 29.0 Å². The van der Waals surface area contributed by atoms with Gasteiger partial charge in [-0.25, -0.2) is 9.67 Å². The Morgan fingerprint density at radius 2 is 2.10 bits per heavy atom. The first-order chi connectivity index (χ1) is 9.82. The lowest BCUT2D eigenvalue weighted by Crippen LogP contribution is -2.16. The summed E-state index contributed by atoms with van der Waals surface area (Å²) in [6, 6.07) is 3.48. The topological polar surface area (TPSA) is 47.8 Å². The molecule has 0 radical (unpaired) electrons. The molecule has 2 rings (SSSR count). The van der Waals surface area contributed by atoms with Crippen molar-refractivity contribution >= 4 is 21.7 Å². The van der Waals surface area contributed by atoms with Gasteiger partial charge in [-0.3, -0.25) is 4.79 Å². The monoisotopic (exact) mass is 361 g/mol. The number of aryl methyl sites for hydroxylation is 1. The number of Topliss-reactive ketones (excluding diaryl/α,β-unsaturated/α-hetero) is 1. The smallest absolute Gasteiger partial charge is 0.294 e. The third-order valence-corrected chi connectivity index (χ3v) is 3.39. The van der Waals surface area contributed by atoms with E-state index in [1.165, 1.54) is 23.1 Å². The van der Waals surface area contributed by atoms with Crippen molar-refractivity contribution in [2.45, 2.75) is 26.1 Å². The second-order valence-electron chi connectivity index (χ2n) is 4.28. The Morgan fingerprint density at radius 3 is 2.71 bits per heavy atom. The number of hydrogen-bond donors (Lipinski definition) is 0. The van der Waals surface area contributed by atoms with Gasteiger partial charge in [-0.15, -0.1) is 0 Å². The molecule has 0 aliphatic rings. The van der Waals surface area contributed by atoms with E-state index in [0.29, 0.717) is 12.4 Å². The Balaban J connectivity index is 2.36. The lowest BCUT2D eigenvalue weighted by Gasteiger charge is -2.12. The van der Waals surface area contributed by atoms with Crippen molar-refractivity contribution in [2.75, 3.05) is 0 Å². The Bertz CT molecular complexity index is 667. The fourth-order valence-corrected chi connectivity index (χ4v) is 2.28. The van der Waals surface area contributed by atoms with E-state index >= 15 is 0 Å². The highest BCUT2D eigenvalue weighted by atomic mass is 79.9. The molecule has 21 heavy (non-hydrogen) atoms. The van der Waals surface area contributed by atoms with E-state index in [4.69, 9.17) is 0 Å². The highest BCUT2D eigenvalue weighted by molar-refractivity contribution is 9.10. The molecule has 2 aromatic rings. The van der Waals surface area contributed by atoms with Gasteiger partial charge in [0.15, 0.2) is 5.78 Å². The van der Waals surface area contributed by atoms with Crippen LogP contribution in [0.4, 0.5) is 13.2 Å². The predicted molar refractivity (Wildman–Crippen MR) is 72.9 cm³/mol. The zero-order valence-corrected chi connectivity index (χ0v) is 12.6. The standard InChI is InChI=1S/C13H11BrF3N3O/c1-2-20-12(18-7-19-20)6-11(21)9-4-3-8(14)5-10(9)13(15,16)17/h3-5,7H,2,6H2,1H3. The van der Waals surface area contributed by atoms with Crippen LogP contribution in [0.5, 0.6) is 0 Å². The number of aromatic nitrogens is 3. The van der Waals surface area contributed by atoms with Crippen molar-refractivity contribution < 1.29 is 18.0 Å². The average molecular weight is 362 g/mol. The zero-order valence-electron chi connectivity index (χ0n) is 11.0. The number of hydrogen-bond acceptors (Lipinski definition) is 3. The zero-order chi connectivity index (χ0) is 15.6. The molecular formula is C13H11BrF3N3O. The second kappa shape index (κ2) is 5.97. The van der Waals surface area contributed by atoms with E-state index in [0.717, 1.165) is 6.07 Å². The Kier molecular flexibility index (Phi) is 4.46. The molecule has 0 aliphatic carbocycles. The number of nitrogens with zero attached hydrogens (tertiary/aromatic N) is 3. The van der Waals surface area contributed by atoms with Gasteiger partial charge in [-0.1, -0.05) is 15.9 Å². The summed E-state index contributed by atoms with van der Waals surface area (Å²) < 4.78 is 40.8. The second-order valence-corrected chi connectivity index (χ2v) is 5.20. The molecule has 4 nitrogen and oxygen atoms in total. The number of rotatable bonds is 4. The summed E-state index contributed by atoms with van der Waals surface area (Å²) in [6.07, 6.45) is -3.54. The Hall–Kier alpha value is -1.70. The minimum atomic E-state index is -4.59. The molecule has 0 N–H and O–H groups in total. The normalized spacial score (nSPS) is 11.7. The van der Waals surface area contributed by atoms with E-state index in [9.17, 15) is 18.0 Å². The maximum Gasteiger partial charge on any atom is 0.417 e. The van der Waals surface area contributed by atoms with Crippen molar-refractivity contribution in [3.8, 4) is 0 Å². The summed E-state index contributed by atoms with van der Waals surface area (Å²) in [5, 5.41) is 3.89. The third-order valence-electron chi connectivity index (χ3n) is 2.90. The minimum Gasteiger partial charge on any atom is -0.294 e. The molecule has 0 atom stereocenters. The summed E-state index contributed by atoms with van der Waals surface area (Å²) >= 11 is 2.98. The van der Waals surface area contributed by atoms with Crippen molar-refractivity contribution in [1.82, 2.24) is 14.8 Å². The summed E-state index contributed by atoms with van der Waals surface area (Å²) in [5.74, 6) is -0.295. The highest BCUT2D eigenvalue weighted by Gasteiger charge is 2.35.